The summed E-state index contributed by atoms with van der Waals surface area (Å²) in [7, 11) is 0. The highest BCUT2D eigenvalue weighted by atomic mass is 16.3. The Hall–Kier alpha value is -0.820. The molecule has 1 fully saturated rings. The van der Waals surface area contributed by atoms with Crippen molar-refractivity contribution in [3.05, 3.63) is 35.4 Å². The Morgan fingerprint density at radius 2 is 1.67 bits per heavy atom. The third kappa shape index (κ3) is 2.23. The second-order valence-electron chi connectivity index (χ2n) is 5.45. The van der Waals surface area contributed by atoms with Crippen LogP contribution in [0.5, 0.6) is 0 Å². The zero-order valence-corrected chi connectivity index (χ0v) is 9.83. The molecular weight excluding hydrogens is 184 g/mol. The maximum absolute atomic E-state index is 9.83. The van der Waals surface area contributed by atoms with Crippen LogP contribution >= 0.6 is 0 Å². The van der Waals surface area contributed by atoms with Crippen LogP contribution in [0.2, 0.25) is 0 Å². The Morgan fingerprint density at radius 3 is 2.07 bits per heavy atom. The smallest absolute Gasteiger partial charge is 0.0840 e. The number of aliphatic hydroxyl groups is 1. The fraction of sp³-hybridized carbons (Fsp3) is 0.571. The van der Waals surface area contributed by atoms with E-state index in [4.69, 9.17) is 0 Å². The highest BCUT2D eigenvalue weighted by Crippen LogP contribution is 2.41. The van der Waals surface area contributed by atoms with Crippen molar-refractivity contribution < 1.29 is 5.11 Å². The molecule has 0 spiro atoms. The highest BCUT2D eigenvalue weighted by molar-refractivity contribution is 5.29. The molecule has 1 heteroatoms. The number of hydrogen-bond acceptors (Lipinski definition) is 1. The van der Waals surface area contributed by atoms with Gasteiger partial charge in [-0.25, -0.2) is 0 Å². The van der Waals surface area contributed by atoms with Crippen LogP contribution in [-0.2, 0) is 5.60 Å². The van der Waals surface area contributed by atoms with Gasteiger partial charge in [0.2, 0.25) is 0 Å². The minimum atomic E-state index is -0.717. The second-order valence-corrected chi connectivity index (χ2v) is 5.45. The Kier molecular flexibility index (Phi) is 2.59. The van der Waals surface area contributed by atoms with E-state index in [-0.39, 0.29) is 0 Å². The highest BCUT2D eigenvalue weighted by Gasteiger charge is 2.26. The lowest BCUT2D eigenvalue weighted by Crippen LogP contribution is -2.19. The van der Waals surface area contributed by atoms with Crippen LogP contribution in [0.1, 0.15) is 50.7 Å². The van der Waals surface area contributed by atoms with Crippen molar-refractivity contribution in [3.63, 3.8) is 0 Å². The van der Waals surface area contributed by atoms with Gasteiger partial charge in [0, 0.05) is 0 Å². The van der Waals surface area contributed by atoms with Crippen molar-refractivity contribution in [1.29, 1.82) is 0 Å². The summed E-state index contributed by atoms with van der Waals surface area (Å²) < 4.78 is 0. The zero-order valence-electron chi connectivity index (χ0n) is 9.83. The van der Waals surface area contributed by atoms with Crippen LogP contribution < -0.4 is 0 Å². The van der Waals surface area contributed by atoms with Gasteiger partial charge in [-0.15, -0.1) is 0 Å². The summed E-state index contributed by atoms with van der Waals surface area (Å²) in [6.07, 6.45) is 2.64. The molecule has 0 radical (unpaired) electrons. The molecule has 2 rings (SSSR count). The van der Waals surface area contributed by atoms with E-state index in [1.807, 2.05) is 13.8 Å². The average Bonchev–Trinajstić information content (AvgIpc) is 2.12. The standard InChI is InChI=1S/C14H20O/c1-10-8-12(9-10)11-4-6-13(7-5-11)14(2,3)15/h4-7,10,12,15H,8-9H2,1-3H3. The first-order chi connectivity index (χ1) is 6.97. The maximum atomic E-state index is 9.83. The van der Waals surface area contributed by atoms with Crippen molar-refractivity contribution in [3.8, 4) is 0 Å². The molecular formula is C14H20O. The van der Waals surface area contributed by atoms with E-state index < -0.39 is 5.60 Å². The molecule has 0 saturated heterocycles. The zero-order chi connectivity index (χ0) is 11.1. The lowest BCUT2D eigenvalue weighted by atomic mass is 9.72. The molecule has 1 N–H and O–H groups in total. The molecule has 1 nitrogen and oxygen atoms in total. The lowest BCUT2D eigenvalue weighted by molar-refractivity contribution is 0.0785. The van der Waals surface area contributed by atoms with E-state index >= 15 is 0 Å². The van der Waals surface area contributed by atoms with Gasteiger partial charge in [-0.3, -0.25) is 0 Å². The molecule has 1 saturated carbocycles. The SMILES string of the molecule is CC1CC(c2ccc(C(C)(C)O)cc2)C1. The van der Waals surface area contributed by atoms with Crippen LogP contribution in [0.4, 0.5) is 0 Å². The van der Waals surface area contributed by atoms with Crippen molar-refractivity contribution in [2.75, 3.05) is 0 Å². The summed E-state index contributed by atoms with van der Waals surface area (Å²) in [6.45, 7) is 5.96. The summed E-state index contributed by atoms with van der Waals surface area (Å²) in [5, 5.41) is 9.83. The van der Waals surface area contributed by atoms with Gasteiger partial charge < -0.3 is 5.11 Å². The van der Waals surface area contributed by atoms with E-state index in [9.17, 15) is 5.11 Å². The number of hydrogen-bond donors (Lipinski definition) is 1. The summed E-state index contributed by atoms with van der Waals surface area (Å²) in [6, 6.07) is 8.45. The number of rotatable bonds is 2. The topological polar surface area (TPSA) is 20.2 Å². The quantitative estimate of drug-likeness (QED) is 0.782. The van der Waals surface area contributed by atoms with Crippen molar-refractivity contribution in [2.24, 2.45) is 5.92 Å². The van der Waals surface area contributed by atoms with Gasteiger partial charge in [0.15, 0.2) is 0 Å². The summed E-state index contributed by atoms with van der Waals surface area (Å²) in [4.78, 5) is 0. The van der Waals surface area contributed by atoms with Gasteiger partial charge in [-0.05, 0) is 49.7 Å². The van der Waals surface area contributed by atoms with E-state index in [1.54, 1.807) is 0 Å². The molecule has 0 amide bonds. The molecule has 0 atom stereocenters. The Balaban J connectivity index is 2.11. The molecule has 82 valence electrons. The van der Waals surface area contributed by atoms with Gasteiger partial charge in [-0.1, -0.05) is 31.2 Å². The molecule has 15 heavy (non-hydrogen) atoms. The minimum Gasteiger partial charge on any atom is -0.386 e. The Morgan fingerprint density at radius 1 is 1.13 bits per heavy atom. The fourth-order valence-electron chi connectivity index (χ4n) is 2.34. The molecule has 1 aromatic rings. The first-order valence-corrected chi connectivity index (χ1v) is 5.79. The second kappa shape index (κ2) is 3.64. The lowest BCUT2D eigenvalue weighted by Gasteiger charge is -2.33. The maximum Gasteiger partial charge on any atom is 0.0840 e. The van der Waals surface area contributed by atoms with Gasteiger partial charge in [0.1, 0.15) is 0 Å². The average molecular weight is 204 g/mol. The predicted octanol–water partition coefficient (Wildman–Crippen LogP) is 3.43. The van der Waals surface area contributed by atoms with E-state index in [0.717, 1.165) is 17.4 Å². The largest absolute Gasteiger partial charge is 0.386 e. The van der Waals surface area contributed by atoms with Crippen LogP contribution in [0.3, 0.4) is 0 Å². The Labute approximate surface area is 92.1 Å². The monoisotopic (exact) mass is 204 g/mol. The minimum absolute atomic E-state index is 0.717. The summed E-state index contributed by atoms with van der Waals surface area (Å²) in [5.41, 5.74) is 1.71. The van der Waals surface area contributed by atoms with Crippen molar-refractivity contribution in [2.45, 2.75) is 45.1 Å². The first kappa shape index (κ1) is 10.7. The molecule has 1 aliphatic carbocycles. The third-order valence-electron chi connectivity index (χ3n) is 3.46. The molecule has 0 bridgehead atoms. The molecule has 0 heterocycles. The van der Waals surface area contributed by atoms with E-state index in [1.165, 1.54) is 18.4 Å². The predicted molar refractivity (Wildman–Crippen MR) is 62.8 cm³/mol. The first-order valence-electron chi connectivity index (χ1n) is 5.79. The van der Waals surface area contributed by atoms with Crippen molar-refractivity contribution >= 4 is 0 Å². The summed E-state index contributed by atoms with van der Waals surface area (Å²) in [5.74, 6) is 1.65. The van der Waals surface area contributed by atoms with Crippen LogP contribution in [0.25, 0.3) is 0 Å². The van der Waals surface area contributed by atoms with E-state index in [0.29, 0.717) is 0 Å². The van der Waals surface area contributed by atoms with E-state index in [2.05, 4.69) is 31.2 Å². The van der Waals surface area contributed by atoms with Crippen molar-refractivity contribution in [1.82, 2.24) is 0 Å². The molecule has 0 unspecified atom stereocenters. The normalized spacial score (nSPS) is 26.1. The van der Waals surface area contributed by atoms with Crippen LogP contribution in [0.15, 0.2) is 24.3 Å². The van der Waals surface area contributed by atoms with Gasteiger partial charge in [-0.2, -0.15) is 0 Å². The molecule has 0 aliphatic heterocycles. The van der Waals surface area contributed by atoms with Crippen LogP contribution in [0, 0.1) is 5.92 Å². The Bertz CT molecular complexity index is 325. The third-order valence-corrected chi connectivity index (χ3v) is 3.46. The molecule has 1 aliphatic rings. The molecule has 0 aromatic heterocycles. The van der Waals surface area contributed by atoms with Gasteiger partial charge >= 0.3 is 0 Å². The van der Waals surface area contributed by atoms with Crippen LogP contribution in [-0.4, -0.2) is 5.11 Å². The van der Waals surface area contributed by atoms with Gasteiger partial charge in [0.25, 0.3) is 0 Å². The molecule has 1 aromatic carbocycles. The van der Waals surface area contributed by atoms with Gasteiger partial charge in [0.05, 0.1) is 5.60 Å². The summed E-state index contributed by atoms with van der Waals surface area (Å²) >= 11 is 0. The fourth-order valence-corrected chi connectivity index (χ4v) is 2.34. The number of benzene rings is 1.